The van der Waals surface area contributed by atoms with Crippen molar-refractivity contribution in [3.8, 4) is 0 Å². The highest BCUT2D eigenvalue weighted by Crippen LogP contribution is 2.60. The number of ether oxygens (including phenoxy) is 3. The Hall–Kier alpha value is -4.36. The number of nitrogens with zero attached hydrogens (tertiary/aromatic N) is 2. The Kier molecular flexibility index (Phi) is 34.7. The van der Waals surface area contributed by atoms with Crippen LogP contribution in [0.1, 0.15) is 142 Å². The molecule has 0 radical (unpaired) electrons. The van der Waals surface area contributed by atoms with Crippen LogP contribution in [0.25, 0.3) is 0 Å². The molecule has 0 bridgehead atoms. The number of carbonyl (C=O) groups is 2. The summed E-state index contributed by atoms with van der Waals surface area (Å²) >= 11 is 0. The molecule has 1 aromatic heterocycles. The first-order valence-corrected chi connectivity index (χ1v) is 28.3. The maximum atomic E-state index is 12.9. The normalized spacial score (nSPS) is 20.2. The monoisotopic (exact) mass is 1070 g/mol. The SMILES string of the molecule is CC/C=C/C/C=C/C=C/C(O)CCCCCCCC(=O)O[C@H](COC(=O)CC/C=C\C/C=C\C/C=C\C/C=C\C/C=C\CCCCC)COP(=O)(O)OP(=O)(O)OC[C@H]1O[C@@H](n2ccc(N)nc2=O)[C@H](O)[C@@H]1O. The predicted octanol–water partition coefficient (Wildman–Crippen LogP) is 9.41. The molecule has 1 aromatic rings. The summed E-state index contributed by atoms with van der Waals surface area (Å²) in [5, 5.41) is 31.1. The lowest BCUT2D eigenvalue weighted by atomic mass is 10.1. The van der Waals surface area contributed by atoms with Crippen LogP contribution < -0.4 is 11.4 Å². The number of rotatable bonds is 40. The Labute approximate surface area is 431 Å². The topological polar surface area (TPSA) is 286 Å². The predicted molar refractivity (Wildman–Crippen MR) is 281 cm³/mol. The van der Waals surface area contributed by atoms with Gasteiger partial charge >= 0.3 is 33.3 Å². The molecule has 2 rings (SSSR count). The number of aliphatic hydroxyl groups is 3. The van der Waals surface area contributed by atoms with Gasteiger partial charge in [0.2, 0.25) is 0 Å². The zero-order valence-corrected chi connectivity index (χ0v) is 44.3. The van der Waals surface area contributed by atoms with Gasteiger partial charge in [0.15, 0.2) is 12.3 Å². The van der Waals surface area contributed by atoms with Crippen LogP contribution >= 0.6 is 15.6 Å². The van der Waals surface area contributed by atoms with E-state index < -0.39 is 89.8 Å². The summed E-state index contributed by atoms with van der Waals surface area (Å²) in [6, 6.07) is 1.24. The fourth-order valence-corrected chi connectivity index (χ4v) is 8.94. The van der Waals surface area contributed by atoms with Crippen molar-refractivity contribution in [1.82, 2.24) is 9.55 Å². The molecule has 2 heterocycles. The Morgan fingerprint density at radius 1 is 0.740 bits per heavy atom. The number of phosphoric acid groups is 2. The first-order chi connectivity index (χ1) is 35.1. The third-order valence-electron chi connectivity index (χ3n) is 10.8. The number of phosphoric ester groups is 2. The molecule has 7 N–H and O–H groups in total. The van der Waals surface area contributed by atoms with E-state index in [0.717, 1.165) is 68.6 Å². The lowest BCUT2D eigenvalue weighted by Crippen LogP contribution is -2.36. The number of nitrogen functional groups attached to an aromatic ring is 1. The van der Waals surface area contributed by atoms with E-state index in [4.69, 9.17) is 29.0 Å². The van der Waals surface area contributed by atoms with E-state index in [0.29, 0.717) is 32.1 Å². The summed E-state index contributed by atoms with van der Waals surface area (Å²) in [5.74, 6) is -1.49. The molecule has 0 amide bonds. The van der Waals surface area contributed by atoms with E-state index in [2.05, 4.69) is 77.8 Å². The van der Waals surface area contributed by atoms with Gasteiger partial charge in [-0.1, -0.05) is 150 Å². The highest BCUT2D eigenvalue weighted by molar-refractivity contribution is 7.61. The van der Waals surface area contributed by atoms with Crippen LogP contribution in [0.5, 0.6) is 0 Å². The van der Waals surface area contributed by atoms with Crippen LogP contribution in [-0.4, -0.2) is 96.9 Å². The summed E-state index contributed by atoms with van der Waals surface area (Å²) in [6.45, 7) is 1.81. The lowest BCUT2D eigenvalue weighted by Gasteiger charge is -2.21. The molecule has 410 valence electrons. The van der Waals surface area contributed by atoms with Crippen molar-refractivity contribution in [1.29, 1.82) is 0 Å². The molecule has 1 aliphatic rings. The average Bonchev–Trinajstić information content (AvgIpc) is 3.62. The van der Waals surface area contributed by atoms with Crippen LogP contribution in [0.2, 0.25) is 0 Å². The highest BCUT2D eigenvalue weighted by atomic mass is 31.3. The quantitative estimate of drug-likeness (QED) is 0.0117. The van der Waals surface area contributed by atoms with Crippen molar-refractivity contribution in [3.63, 3.8) is 0 Å². The second kappa shape index (κ2) is 39.1. The van der Waals surface area contributed by atoms with Crippen molar-refractivity contribution >= 4 is 33.4 Å². The summed E-state index contributed by atoms with van der Waals surface area (Å²) in [5.41, 5.74) is 4.57. The van der Waals surface area contributed by atoms with Crippen molar-refractivity contribution in [3.05, 3.63) is 120 Å². The molecule has 0 saturated carbocycles. The van der Waals surface area contributed by atoms with Gasteiger partial charge in [-0.3, -0.25) is 23.2 Å². The van der Waals surface area contributed by atoms with Crippen molar-refractivity contribution in [2.75, 3.05) is 25.6 Å². The molecule has 3 unspecified atom stereocenters. The van der Waals surface area contributed by atoms with Crippen LogP contribution in [0.15, 0.2) is 114 Å². The van der Waals surface area contributed by atoms with Gasteiger partial charge in [0.25, 0.3) is 0 Å². The van der Waals surface area contributed by atoms with Crippen LogP contribution in [-0.2, 0) is 46.3 Å². The molecule has 1 aliphatic heterocycles. The van der Waals surface area contributed by atoms with Gasteiger partial charge < -0.3 is 45.1 Å². The number of carbonyl (C=O) groups excluding carboxylic acids is 2. The molecule has 73 heavy (non-hydrogen) atoms. The van der Waals surface area contributed by atoms with Crippen LogP contribution in [0.3, 0.4) is 0 Å². The maximum absolute atomic E-state index is 12.9. The second-order valence-corrected chi connectivity index (χ2v) is 20.2. The Bertz CT molecular complexity index is 2120. The zero-order chi connectivity index (χ0) is 53.6. The third kappa shape index (κ3) is 31.9. The molecule has 19 nitrogen and oxygen atoms in total. The van der Waals surface area contributed by atoms with Crippen LogP contribution in [0, 0.1) is 0 Å². The number of allylic oxidation sites excluding steroid dienone is 15. The minimum absolute atomic E-state index is 0.0224. The first kappa shape index (κ1) is 64.8. The average molecular weight is 1070 g/mol. The molecule has 0 aromatic carbocycles. The van der Waals surface area contributed by atoms with Crippen molar-refractivity contribution in [2.24, 2.45) is 0 Å². The number of unbranched alkanes of at least 4 members (excludes halogenated alkanes) is 7. The van der Waals surface area contributed by atoms with E-state index in [-0.39, 0.29) is 18.7 Å². The van der Waals surface area contributed by atoms with Gasteiger partial charge in [0, 0.05) is 19.0 Å². The summed E-state index contributed by atoms with van der Waals surface area (Å²) in [6.07, 6.45) is 39.5. The minimum atomic E-state index is -5.47. The lowest BCUT2D eigenvalue weighted by molar-refractivity contribution is -0.161. The fourth-order valence-electron chi connectivity index (χ4n) is 6.83. The van der Waals surface area contributed by atoms with Gasteiger partial charge in [-0.25, -0.2) is 13.9 Å². The molecule has 0 spiro atoms. The van der Waals surface area contributed by atoms with E-state index in [1.165, 1.54) is 25.3 Å². The van der Waals surface area contributed by atoms with Crippen molar-refractivity contribution < 1.29 is 71.4 Å². The molecule has 1 saturated heterocycles. The molecule has 21 heteroatoms. The van der Waals surface area contributed by atoms with Gasteiger partial charge in [0.1, 0.15) is 30.7 Å². The van der Waals surface area contributed by atoms with E-state index in [1.807, 2.05) is 36.5 Å². The Balaban J connectivity index is 1.86. The van der Waals surface area contributed by atoms with Gasteiger partial charge in [0.05, 0.1) is 19.3 Å². The minimum Gasteiger partial charge on any atom is -0.462 e. The molecular weight excluding hydrogens is 985 g/mol. The number of hydrogen-bond donors (Lipinski definition) is 6. The van der Waals surface area contributed by atoms with Crippen LogP contribution in [0.4, 0.5) is 5.82 Å². The van der Waals surface area contributed by atoms with E-state index >= 15 is 0 Å². The summed E-state index contributed by atoms with van der Waals surface area (Å²) in [7, 11) is -10.9. The number of hydrogen-bond acceptors (Lipinski definition) is 16. The second-order valence-electron chi connectivity index (χ2n) is 17.1. The largest absolute Gasteiger partial charge is 0.481 e. The Morgan fingerprint density at radius 2 is 1.34 bits per heavy atom. The van der Waals surface area contributed by atoms with Gasteiger partial charge in [-0.15, -0.1) is 0 Å². The zero-order valence-electron chi connectivity index (χ0n) is 42.5. The first-order valence-electron chi connectivity index (χ1n) is 25.4. The highest BCUT2D eigenvalue weighted by Gasteiger charge is 2.46. The number of nitrogens with two attached hydrogens (primary N) is 1. The van der Waals surface area contributed by atoms with Crippen molar-refractivity contribution in [2.45, 2.75) is 173 Å². The number of aromatic nitrogens is 2. The van der Waals surface area contributed by atoms with E-state index in [1.54, 1.807) is 6.08 Å². The summed E-state index contributed by atoms with van der Waals surface area (Å²) < 4.78 is 56.6. The summed E-state index contributed by atoms with van der Waals surface area (Å²) in [4.78, 5) is 61.9. The standard InChI is InChI=1S/C52H81N3O16P2/c1-3-5-7-9-11-12-13-14-15-16-17-18-19-20-21-22-24-28-32-36-47(57)66-40-44(69-48(58)37-33-29-25-27-31-35-43(56)34-30-26-23-10-8-6-4-2)41-67-72(62,63)71-73(64,65)68-42-45-49(59)50(60)51(70-45)55-39-38-46(53)54-52(55)61/h6,8,11-12,14-15,17-18,20-21,23-24,26,28,30,34,38-39,43-45,49-51,56,59-60H,3-5,7,9-10,13,16,19,22,25,27,29,31-33,35-37,40-42H2,1-2H3,(H,62,63)(H,64,65)(H2,53,54,61)/b8-6+,12-11-,15-14-,18-17-,21-20-,26-23+,28-24-,34-30+/t43?,44-,45-,49-,50-,51-/m1/s1. The molecule has 0 aliphatic carbocycles. The number of esters is 2. The van der Waals surface area contributed by atoms with Gasteiger partial charge in [-0.05, 0) is 76.7 Å². The smallest absolute Gasteiger partial charge is 0.462 e. The number of anilines is 1. The maximum Gasteiger partial charge on any atom is 0.481 e. The Morgan fingerprint density at radius 3 is 2.00 bits per heavy atom. The molecular formula is C52H81N3O16P2. The van der Waals surface area contributed by atoms with Gasteiger partial charge in [-0.2, -0.15) is 9.29 Å². The molecule has 8 atom stereocenters. The number of aliphatic hydroxyl groups excluding tert-OH is 3. The molecule has 1 fully saturated rings. The third-order valence-corrected chi connectivity index (χ3v) is 13.4. The fraction of sp³-hybridized carbons (Fsp3) is 0.577. The van der Waals surface area contributed by atoms with E-state index in [9.17, 15) is 48.6 Å².